The van der Waals surface area contributed by atoms with Gasteiger partial charge in [-0.15, -0.1) is 0 Å². The molecule has 0 aliphatic rings. The first-order valence-corrected chi connectivity index (χ1v) is 12.7. The summed E-state index contributed by atoms with van der Waals surface area (Å²) in [6, 6.07) is 8.17. The highest BCUT2D eigenvalue weighted by Crippen LogP contribution is 2.29. The number of hydrogen-bond donors (Lipinski definition) is 3. The van der Waals surface area contributed by atoms with Crippen molar-refractivity contribution in [3.05, 3.63) is 120 Å². The molecular weight excluding hydrogens is 468 g/mol. The van der Waals surface area contributed by atoms with Crippen molar-refractivity contribution in [3.63, 3.8) is 0 Å². The van der Waals surface area contributed by atoms with Crippen LogP contribution in [0, 0.1) is 6.92 Å². The van der Waals surface area contributed by atoms with Gasteiger partial charge in [0.2, 0.25) is 0 Å². The Bertz CT molecular complexity index is 1620. The van der Waals surface area contributed by atoms with Gasteiger partial charge in [0.05, 0.1) is 22.9 Å². The second kappa shape index (κ2) is 12.0. The van der Waals surface area contributed by atoms with Gasteiger partial charge in [0, 0.05) is 46.3 Å². The van der Waals surface area contributed by atoms with Crippen LogP contribution in [0.25, 0.3) is 34.7 Å². The van der Waals surface area contributed by atoms with Gasteiger partial charge in [0.15, 0.2) is 0 Å². The summed E-state index contributed by atoms with van der Waals surface area (Å²) in [6.07, 6.45) is 17.0. The van der Waals surface area contributed by atoms with Crippen molar-refractivity contribution >= 4 is 29.0 Å². The molecule has 0 bridgehead atoms. The maximum absolute atomic E-state index is 4.66. The zero-order valence-corrected chi connectivity index (χ0v) is 22.3. The highest BCUT2D eigenvalue weighted by atomic mass is 15.1. The van der Waals surface area contributed by atoms with Crippen LogP contribution in [0.3, 0.4) is 0 Å². The largest absolute Gasteiger partial charge is 0.358 e. The van der Waals surface area contributed by atoms with Crippen molar-refractivity contribution in [2.45, 2.75) is 33.6 Å². The Morgan fingerprint density at radius 3 is 2.58 bits per heavy atom. The summed E-state index contributed by atoms with van der Waals surface area (Å²) in [5.74, 6) is 0. The molecule has 0 radical (unpaired) electrons. The van der Waals surface area contributed by atoms with Crippen LogP contribution in [-0.2, 0) is 0 Å². The Balaban J connectivity index is 1.75. The fourth-order valence-corrected chi connectivity index (χ4v) is 4.40. The average molecular weight is 503 g/mol. The van der Waals surface area contributed by atoms with Crippen molar-refractivity contribution in [2.75, 3.05) is 5.32 Å². The standard InChI is InChI=1S/C32H34N6/c1-7-10-22(5)35-26-17-25(19-34-20-26)21(4)16-29-30(9-3)37-38-32(29)31-18-28(23(6)36-31)27(11-8-2)24-12-14-33-15-13-24/h8-9,11-20,35-37H,2,4-5,7,10H2,1,3,6H3/b27-11-,29-16+,30-9+. The van der Waals surface area contributed by atoms with Gasteiger partial charge in [-0.3, -0.25) is 15.1 Å². The van der Waals surface area contributed by atoms with Crippen LogP contribution in [0.2, 0.25) is 0 Å². The van der Waals surface area contributed by atoms with Gasteiger partial charge in [-0.05, 0) is 67.3 Å². The zero-order chi connectivity index (χ0) is 27.1. The molecule has 0 saturated carbocycles. The van der Waals surface area contributed by atoms with Gasteiger partial charge in [0.1, 0.15) is 5.69 Å². The van der Waals surface area contributed by atoms with E-state index in [2.05, 4.69) is 76.2 Å². The number of allylic oxidation sites excluding steroid dienone is 4. The lowest BCUT2D eigenvalue weighted by atomic mass is 9.98. The van der Waals surface area contributed by atoms with E-state index in [1.807, 2.05) is 43.5 Å². The van der Waals surface area contributed by atoms with Gasteiger partial charge in [0.25, 0.3) is 0 Å². The third kappa shape index (κ3) is 5.81. The molecule has 0 unspecified atom stereocenters. The third-order valence-electron chi connectivity index (χ3n) is 6.26. The summed E-state index contributed by atoms with van der Waals surface area (Å²) >= 11 is 0. The summed E-state index contributed by atoms with van der Waals surface area (Å²) in [6.45, 7) is 18.5. The van der Waals surface area contributed by atoms with E-state index in [1.165, 1.54) is 0 Å². The van der Waals surface area contributed by atoms with E-state index in [0.717, 1.165) is 79.7 Å². The summed E-state index contributed by atoms with van der Waals surface area (Å²) in [7, 11) is 0. The van der Waals surface area contributed by atoms with Crippen molar-refractivity contribution in [3.8, 4) is 11.4 Å². The molecule has 4 heterocycles. The molecule has 6 nitrogen and oxygen atoms in total. The predicted molar refractivity (Wildman–Crippen MR) is 159 cm³/mol. The van der Waals surface area contributed by atoms with Crippen molar-refractivity contribution in [1.29, 1.82) is 0 Å². The van der Waals surface area contributed by atoms with Crippen molar-refractivity contribution < 1.29 is 0 Å². The fourth-order valence-electron chi connectivity index (χ4n) is 4.40. The smallest absolute Gasteiger partial charge is 0.116 e. The number of aromatic amines is 2. The number of rotatable bonds is 10. The van der Waals surface area contributed by atoms with Crippen LogP contribution in [0.5, 0.6) is 0 Å². The number of pyridine rings is 2. The van der Waals surface area contributed by atoms with Crippen LogP contribution in [-0.4, -0.2) is 25.1 Å². The van der Waals surface area contributed by atoms with Gasteiger partial charge < -0.3 is 10.3 Å². The first kappa shape index (κ1) is 26.4. The molecule has 4 rings (SSSR count). The summed E-state index contributed by atoms with van der Waals surface area (Å²) in [4.78, 5) is 12.1. The molecule has 0 aliphatic heterocycles. The van der Waals surface area contributed by atoms with E-state index < -0.39 is 0 Å². The minimum absolute atomic E-state index is 0.819. The van der Waals surface area contributed by atoms with Gasteiger partial charge in [-0.25, -0.2) is 0 Å². The molecule has 192 valence electrons. The molecule has 0 aliphatic carbocycles. The molecule has 0 amide bonds. The zero-order valence-electron chi connectivity index (χ0n) is 22.3. The van der Waals surface area contributed by atoms with E-state index in [-0.39, 0.29) is 0 Å². The average Bonchev–Trinajstić information content (AvgIpc) is 3.50. The minimum Gasteiger partial charge on any atom is -0.358 e. The van der Waals surface area contributed by atoms with Crippen molar-refractivity contribution in [2.24, 2.45) is 0 Å². The Morgan fingerprint density at radius 1 is 1.08 bits per heavy atom. The number of hydrogen-bond acceptors (Lipinski definition) is 4. The summed E-state index contributed by atoms with van der Waals surface area (Å²) in [5.41, 5.74) is 9.60. The van der Waals surface area contributed by atoms with E-state index in [4.69, 9.17) is 0 Å². The Hall–Kier alpha value is -4.71. The topological polar surface area (TPSA) is 82.3 Å². The van der Waals surface area contributed by atoms with Crippen LogP contribution >= 0.6 is 0 Å². The second-order valence-corrected chi connectivity index (χ2v) is 9.07. The van der Waals surface area contributed by atoms with E-state index in [9.17, 15) is 0 Å². The summed E-state index contributed by atoms with van der Waals surface area (Å²) in [5, 5.41) is 13.1. The maximum atomic E-state index is 4.66. The SMILES string of the molecule is C=C/C=C(/c1ccncc1)c1cc(-c2n[nH]c(=C/C)/c2=C\C(=C)c2cncc(NC(=C)CCC)c2)[nH]c1C. The Kier molecular flexibility index (Phi) is 8.34. The molecule has 0 fully saturated rings. The number of nitrogens with zero attached hydrogens (tertiary/aromatic N) is 3. The highest BCUT2D eigenvalue weighted by Gasteiger charge is 2.15. The lowest BCUT2D eigenvalue weighted by Gasteiger charge is -2.09. The van der Waals surface area contributed by atoms with Crippen LogP contribution < -0.4 is 15.9 Å². The number of anilines is 1. The highest BCUT2D eigenvalue weighted by molar-refractivity contribution is 5.89. The maximum Gasteiger partial charge on any atom is 0.116 e. The first-order chi connectivity index (χ1) is 18.4. The lowest BCUT2D eigenvalue weighted by Crippen LogP contribution is -2.23. The second-order valence-electron chi connectivity index (χ2n) is 9.07. The van der Waals surface area contributed by atoms with Gasteiger partial charge in [-0.2, -0.15) is 5.10 Å². The summed E-state index contributed by atoms with van der Waals surface area (Å²) < 4.78 is 0. The van der Waals surface area contributed by atoms with Crippen LogP contribution in [0.4, 0.5) is 5.69 Å². The molecule has 0 saturated heterocycles. The molecule has 38 heavy (non-hydrogen) atoms. The van der Waals surface area contributed by atoms with E-state index >= 15 is 0 Å². The third-order valence-corrected chi connectivity index (χ3v) is 6.26. The Labute approximate surface area is 224 Å². The quantitative estimate of drug-likeness (QED) is 0.228. The van der Waals surface area contributed by atoms with Crippen LogP contribution in [0.1, 0.15) is 49.1 Å². The minimum atomic E-state index is 0.819. The number of H-pyrrole nitrogens is 2. The molecule has 4 aromatic heterocycles. The van der Waals surface area contributed by atoms with E-state index in [0.29, 0.717) is 0 Å². The normalized spacial score (nSPS) is 12.6. The molecule has 0 atom stereocenters. The predicted octanol–water partition coefficient (Wildman–Crippen LogP) is 6.14. The molecule has 4 aromatic rings. The molecule has 6 heteroatoms. The van der Waals surface area contributed by atoms with Crippen molar-refractivity contribution in [1.82, 2.24) is 25.1 Å². The van der Waals surface area contributed by atoms with E-state index in [1.54, 1.807) is 24.7 Å². The van der Waals surface area contributed by atoms with Gasteiger partial charge >= 0.3 is 0 Å². The fraction of sp³-hybridized carbons (Fsp3) is 0.156. The Morgan fingerprint density at radius 2 is 1.87 bits per heavy atom. The molecule has 0 spiro atoms. The molecule has 0 aromatic carbocycles. The van der Waals surface area contributed by atoms with Crippen LogP contribution in [0.15, 0.2) is 86.6 Å². The number of nitrogens with one attached hydrogen (secondary N) is 3. The number of aryl methyl sites for hydroxylation is 1. The lowest BCUT2D eigenvalue weighted by molar-refractivity contribution is 0.913. The van der Waals surface area contributed by atoms with Gasteiger partial charge in [-0.1, -0.05) is 51.3 Å². The first-order valence-electron chi connectivity index (χ1n) is 12.7. The molecular formula is C32H34N6. The monoisotopic (exact) mass is 502 g/mol. The molecule has 3 N–H and O–H groups in total. The number of aromatic nitrogens is 5.